The number of halogens is 4. The largest absolute Gasteiger partial charge is 0.476 e. The van der Waals surface area contributed by atoms with E-state index in [1.54, 1.807) is 6.92 Å². The lowest BCUT2D eigenvalue weighted by atomic mass is 9.93. The SMILES string of the molecule is CC(=NCCCC1CN(C(=O)OC(C)(C)C)C(C)(C)C1)/C(=C\N)SNC(=O)c1ccc(-n2ccc(OCC(C)(C)C(F)(F)F)n2)nc1Cl. The number of aliphatic imine (C=N–C) groups is 1. The highest BCUT2D eigenvalue weighted by molar-refractivity contribution is 8.02. The first-order valence-electron chi connectivity index (χ1n) is 15.5. The monoisotopic (exact) mass is 715 g/mol. The van der Waals surface area contributed by atoms with E-state index in [2.05, 4.69) is 33.6 Å². The molecule has 11 nitrogen and oxygen atoms in total. The molecule has 1 saturated heterocycles. The van der Waals surface area contributed by atoms with E-state index in [9.17, 15) is 22.8 Å². The summed E-state index contributed by atoms with van der Waals surface area (Å²) in [6.45, 7) is 14.1. The number of nitrogens with two attached hydrogens (primary N) is 1. The molecule has 1 unspecified atom stereocenters. The van der Waals surface area contributed by atoms with Gasteiger partial charge in [0.2, 0.25) is 5.88 Å². The van der Waals surface area contributed by atoms with Gasteiger partial charge in [0, 0.05) is 42.8 Å². The van der Waals surface area contributed by atoms with E-state index in [1.807, 2.05) is 25.7 Å². The minimum absolute atomic E-state index is 0.0195. The summed E-state index contributed by atoms with van der Waals surface area (Å²) in [4.78, 5) is 36.8. The smallest absolute Gasteiger partial charge is 0.410 e. The molecule has 1 aliphatic heterocycles. The minimum atomic E-state index is -4.44. The lowest BCUT2D eigenvalue weighted by Crippen LogP contribution is -2.45. The van der Waals surface area contributed by atoms with Crippen molar-refractivity contribution in [1.29, 1.82) is 0 Å². The number of hydrogen-bond donors (Lipinski definition) is 2. The molecule has 0 bridgehead atoms. The van der Waals surface area contributed by atoms with Gasteiger partial charge in [-0.2, -0.15) is 13.2 Å². The molecule has 0 aromatic carbocycles. The van der Waals surface area contributed by atoms with Gasteiger partial charge in [0.15, 0.2) is 5.82 Å². The van der Waals surface area contributed by atoms with Gasteiger partial charge >= 0.3 is 12.3 Å². The van der Waals surface area contributed by atoms with Crippen molar-refractivity contribution in [3.63, 3.8) is 0 Å². The first-order chi connectivity index (χ1) is 22.1. The molecule has 3 heterocycles. The molecule has 0 saturated carbocycles. The molecule has 2 amide bonds. The van der Waals surface area contributed by atoms with Crippen molar-refractivity contribution in [3.8, 4) is 11.7 Å². The highest BCUT2D eigenvalue weighted by atomic mass is 35.5. The van der Waals surface area contributed by atoms with E-state index >= 15 is 0 Å². The summed E-state index contributed by atoms with van der Waals surface area (Å²) < 4.78 is 54.1. The lowest BCUT2D eigenvalue weighted by Gasteiger charge is -2.33. The Balaban J connectivity index is 1.50. The van der Waals surface area contributed by atoms with Gasteiger partial charge in [-0.1, -0.05) is 11.6 Å². The molecule has 1 fully saturated rings. The molecule has 266 valence electrons. The van der Waals surface area contributed by atoms with Crippen molar-refractivity contribution in [2.75, 3.05) is 19.7 Å². The van der Waals surface area contributed by atoms with Crippen LogP contribution in [0.15, 0.2) is 40.5 Å². The zero-order chi connectivity index (χ0) is 36.1. The van der Waals surface area contributed by atoms with Crippen molar-refractivity contribution in [2.45, 2.75) is 92.0 Å². The number of likely N-dealkylation sites (tertiary alicyclic amines) is 1. The van der Waals surface area contributed by atoms with Crippen LogP contribution in [0.25, 0.3) is 5.82 Å². The molecule has 2 aromatic rings. The van der Waals surface area contributed by atoms with E-state index in [0.717, 1.165) is 45.1 Å². The Hall–Kier alpha value is -3.46. The number of carbonyl (C=O) groups is 2. The van der Waals surface area contributed by atoms with Crippen LogP contribution in [0, 0.1) is 11.3 Å². The van der Waals surface area contributed by atoms with Crippen LogP contribution in [0.2, 0.25) is 5.15 Å². The predicted octanol–water partition coefficient (Wildman–Crippen LogP) is 7.34. The maximum Gasteiger partial charge on any atom is 0.410 e. The van der Waals surface area contributed by atoms with E-state index in [-0.39, 0.29) is 34.0 Å². The second-order valence-corrected chi connectivity index (χ2v) is 15.1. The third-order valence-corrected chi connectivity index (χ3v) is 8.91. The van der Waals surface area contributed by atoms with Crippen LogP contribution in [0.5, 0.6) is 5.88 Å². The van der Waals surface area contributed by atoms with Gasteiger partial charge in [-0.15, -0.1) is 5.10 Å². The summed E-state index contributed by atoms with van der Waals surface area (Å²) in [5, 5.41) is 3.99. The van der Waals surface area contributed by atoms with Crippen molar-refractivity contribution in [3.05, 3.63) is 46.2 Å². The van der Waals surface area contributed by atoms with Gasteiger partial charge in [-0.3, -0.25) is 14.5 Å². The van der Waals surface area contributed by atoms with Crippen LogP contribution in [0.3, 0.4) is 0 Å². The number of hydrogen-bond acceptors (Lipinski definition) is 9. The molecule has 16 heteroatoms. The van der Waals surface area contributed by atoms with Gasteiger partial charge in [-0.05, 0) is 105 Å². The molecular formula is C32H45ClF3N7O4S. The molecule has 3 rings (SSSR count). The molecule has 2 aromatic heterocycles. The highest BCUT2D eigenvalue weighted by Gasteiger charge is 2.48. The number of aromatic nitrogens is 3. The van der Waals surface area contributed by atoms with Crippen molar-refractivity contribution in [1.82, 2.24) is 24.4 Å². The summed E-state index contributed by atoms with van der Waals surface area (Å²) in [6, 6.07) is 4.35. The van der Waals surface area contributed by atoms with Crippen molar-refractivity contribution < 1.29 is 32.2 Å². The third kappa shape index (κ3) is 10.5. The maximum absolute atomic E-state index is 13.1. The number of pyridine rings is 1. The fourth-order valence-corrected chi connectivity index (χ4v) is 5.71. The summed E-state index contributed by atoms with van der Waals surface area (Å²) in [6.07, 6.45) is 0.684. The number of carbonyl (C=O) groups excluding carboxylic acids is 2. The Morgan fingerprint density at radius 2 is 1.90 bits per heavy atom. The molecule has 3 N–H and O–H groups in total. The first-order valence-corrected chi connectivity index (χ1v) is 16.7. The molecule has 0 spiro atoms. The van der Waals surface area contributed by atoms with Crippen LogP contribution < -0.4 is 15.2 Å². The summed E-state index contributed by atoms with van der Waals surface area (Å²) in [5.41, 5.74) is 3.67. The Morgan fingerprint density at radius 3 is 2.50 bits per heavy atom. The van der Waals surface area contributed by atoms with Gasteiger partial charge in [-0.25, -0.2) is 14.5 Å². The number of amides is 2. The van der Waals surface area contributed by atoms with Gasteiger partial charge < -0.3 is 20.1 Å². The molecule has 0 radical (unpaired) electrons. The topological polar surface area (TPSA) is 137 Å². The fraction of sp³-hybridized carbons (Fsp3) is 0.594. The second-order valence-electron chi connectivity index (χ2n) is 13.9. The normalized spacial score (nSPS) is 17.4. The van der Waals surface area contributed by atoms with Crippen molar-refractivity contribution >= 4 is 41.3 Å². The van der Waals surface area contributed by atoms with Gasteiger partial charge in [0.1, 0.15) is 17.4 Å². The number of nitrogens with zero attached hydrogens (tertiary/aromatic N) is 5. The van der Waals surface area contributed by atoms with Gasteiger partial charge in [0.05, 0.1) is 15.9 Å². The lowest BCUT2D eigenvalue weighted by molar-refractivity contribution is -0.219. The Kier molecular flexibility index (Phi) is 12.5. The van der Waals surface area contributed by atoms with E-state index < -0.39 is 29.7 Å². The van der Waals surface area contributed by atoms with E-state index in [1.165, 1.54) is 35.3 Å². The van der Waals surface area contributed by atoms with Crippen LogP contribution in [-0.4, -0.2) is 74.4 Å². The molecule has 1 aliphatic rings. The van der Waals surface area contributed by atoms with Crippen LogP contribution in [0.1, 0.15) is 85.0 Å². The summed E-state index contributed by atoms with van der Waals surface area (Å²) in [5.74, 6) is 0.0334. The first kappa shape index (κ1) is 39.0. The standard InChI is InChI=1S/C32H45ClF3N7O4S/c1-20(38-14-9-10-21-16-31(7,8)42(18-21)28(45)47-29(2,3)4)23(17-37)48-41-27(44)22-11-12-24(39-26(22)33)43-15-13-25(40-43)46-19-30(5,6)32(34,35)36/h11-13,15,17,21H,9-10,14,16,18-19,37H2,1-8H3,(H,41,44)/b23-17+,38-20?. The van der Waals surface area contributed by atoms with E-state index in [4.69, 9.17) is 26.8 Å². The Labute approximate surface area is 289 Å². The summed E-state index contributed by atoms with van der Waals surface area (Å²) >= 11 is 7.30. The van der Waals surface area contributed by atoms with E-state index in [0.29, 0.717) is 29.6 Å². The maximum atomic E-state index is 13.1. The minimum Gasteiger partial charge on any atom is -0.476 e. The second kappa shape index (κ2) is 15.4. The van der Waals surface area contributed by atoms with Crippen LogP contribution in [0.4, 0.5) is 18.0 Å². The third-order valence-electron chi connectivity index (χ3n) is 7.68. The number of rotatable bonds is 12. The van der Waals surface area contributed by atoms with Gasteiger partial charge in [0.25, 0.3) is 5.91 Å². The van der Waals surface area contributed by atoms with Crippen LogP contribution in [-0.2, 0) is 4.74 Å². The Morgan fingerprint density at radius 1 is 1.21 bits per heavy atom. The zero-order valence-corrected chi connectivity index (χ0v) is 30.1. The zero-order valence-electron chi connectivity index (χ0n) is 28.6. The quantitative estimate of drug-likeness (QED) is 0.101. The number of alkyl halides is 3. The number of ether oxygens (including phenoxy) is 2. The average Bonchev–Trinajstić information content (AvgIpc) is 3.56. The highest BCUT2D eigenvalue weighted by Crippen LogP contribution is 2.38. The number of allylic oxidation sites excluding steroid dienone is 1. The predicted molar refractivity (Wildman–Crippen MR) is 181 cm³/mol. The van der Waals surface area contributed by atoms with Crippen LogP contribution >= 0.6 is 23.5 Å². The Bertz CT molecular complexity index is 1520. The number of nitrogens with one attached hydrogen (secondary N) is 1. The molecule has 1 atom stereocenters. The summed E-state index contributed by atoms with van der Waals surface area (Å²) in [7, 11) is 0. The fourth-order valence-electron chi connectivity index (χ4n) is 4.88. The van der Waals surface area contributed by atoms with Crippen molar-refractivity contribution in [2.24, 2.45) is 22.1 Å². The molecule has 48 heavy (non-hydrogen) atoms. The molecular weight excluding hydrogens is 671 g/mol. The average molecular weight is 716 g/mol. The molecule has 0 aliphatic carbocycles.